The lowest BCUT2D eigenvalue weighted by atomic mass is 10.1. The maximum Gasteiger partial charge on any atom is 0.335 e. The number of hydrogen-bond donors (Lipinski definition) is 4. The Labute approximate surface area is 119 Å². The van der Waals surface area contributed by atoms with Gasteiger partial charge in [0.05, 0.1) is 11.6 Å². The smallest absolute Gasteiger partial charge is 0.335 e. The fraction of sp³-hybridized carbons (Fsp3) is 0.250. The summed E-state index contributed by atoms with van der Waals surface area (Å²) in [6, 6.07) is 5.50. The lowest BCUT2D eigenvalue weighted by molar-refractivity contribution is 0.0697. The Morgan fingerprint density at radius 3 is 2.62 bits per heavy atom. The number of carbonyl (C=O) groups is 2. The molecule has 0 saturated heterocycles. The first-order valence-electron chi connectivity index (χ1n) is 6.16. The second-order valence-corrected chi connectivity index (χ2v) is 4.32. The maximum absolute atomic E-state index is 11.7. The molecule has 2 rings (SSSR count). The van der Waals surface area contributed by atoms with Crippen molar-refractivity contribution in [3.05, 3.63) is 41.2 Å². The molecule has 0 fully saturated rings. The van der Waals surface area contributed by atoms with Gasteiger partial charge in [0.2, 0.25) is 0 Å². The van der Waals surface area contributed by atoms with Gasteiger partial charge in [-0.15, -0.1) is 10.2 Å². The average molecular weight is 290 g/mol. The molecule has 0 aliphatic carbocycles. The van der Waals surface area contributed by atoms with Gasteiger partial charge in [0.1, 0.15) is 0 Å². The minimum absolute atomic E-state index is 0.203. The fourth-order valence-electron chi connectivity index (χ4n) is 1.61. The third-order valence-corrected chi connectivity index (χ3v) is 2.75. The number of tetrazole rings is 1. The van der Waals surface area contributed by atoms with Crippen LogP contribution < -0.4 is 10.6 Å². The van der Waals surface area contributed by atoms with Crippen molar-refractivity contribution in [1.82, 2.24) is 31.3 Å². The first-order valence-corrected chi connectivity index (χ1v) is 6.16. The van der Waals surface area contributed by atoms with E-state index >= 15 is 0 Å². The number of nitrogens with one attached hydrogen (secondary N) is 3. The molecular formula is C12H14N6O3. The second-order valence-electron chi connectivity index (χ2n) is 4.32. The number of aromatic nitrogens is 4. The summed E-state index contributed by atoms with van der Waals surface area (Å²) in [5, 5.41) is 27.3. The van der Waals surface area contributed by atoms with E-state index in [1.165, 1.54) is 12.1 Å². The van der Waals surface area contributed by atoms with Crippen LogP contribution in [-0.4, -0.2) is 37.7 Å². The summed E-state index contributed by atoms with van der Waals surface area (Å²) in [5.74, 6) is -0.600. The summed E-state index contributed by atoms with van der Waals surface area (Å²) >= 11 is 0. The zero-order valence-corrected chi connectivity index (χ0v) is 11.2. The molecule has 9 nitrogen and oxygen atoms in total. The standard InChI is InChI=1S/C12H14N6O3/c1-7(10-15-17-18-16-10)14-12(21)13-6-8-2-4-9(5-3-8)11(19)20/h2-5,7H,6H2,1H3,(H,19,20)(H2,13,14,21)(H,15,16,17,18). The summed E-state index contributed by atoms with van der Waals surface area (Å²) in [4.78, 5) is 22.4. The molecule has 1 atom stereocenters. The molecule has 21 heavy (non-hydrogen) atoms. The van der Waals surface area contributed by atoms with E-state index in [1.54, 1.807) is 19.1 Å². The van der Waals surface area contributed by atoms with E-state index in [1.807, 2.05) is 0 Å². The average Bonchev–Trinajstić information content (AvgIpc) is 3.00. The Hall–Kier alpha value is -2.97. The van der Waals surface area contributed by atoms with Crippen LogP contribution in [0.1, 0.15) is 34.7 Å². The van der Waals surface area contributed by atoms with E-state index < -0.39 is 5.97 Å². The highest BCUT2D eigenvalue weighted by Crippen LogP contribution is 2.05. The Morgan fingerprint density at radius 1 is 1.33 bits per heavy atom. The molecule has 0 aliphatic rings. The van der Waals surface area contributed by atoms with E-state index in [0.29, 0.717) is 5.82 Å². The molecule has 0 saturated carbocycles. The zero-order chi connectivity index (χ0) is 15.2. The summed E-state index contributed by atoms with van der Waals surface area (Å²) in [7, 11) is 0. The molecule has 110 valence electrons. The van der Waals surface area contributed by atoms with Crippen molar-refractivity contribution < 1.29 is 14.7 Å². The minimum Gasteiger partial charge on any atom is -0.478 e. The third-order valence-electron chi connectivity index (χ3n) is 2.75. The number of carboxylic acids is 1. The Balaban J connectivity index is 1.82. The number of hydrogen-bond acceptors (Lipinski definition) is 5. The van der Waals surface area contributed by atoms with Gasteiger partial charge in [-0.25, -0.2) is 9.59 Å². The predicted octanol–water partition coefficient (Wildman–Crippen LogP) is 0.458. The van der Waals surface area contributed by atoms with E-state index in [9.17, 15) is 9.59 Å². The van der Waals surface area contributed by atoms with E-state index in [4.69, 9.17) is 5.11 Å². The van der Waals surface area contributed by atoms with E-state index in [-0.39, 0.29) is 24.2 Å². The van der Waals surface area contributed by atoms with Gasteiger partial charge >= 0.3 is 12.0 Å². The van der Waals surface area contributed by atoms with Gasteiger partial charge in [-0.1, -0.05) is 17.3 Å². The van der Waals surface area contributed by atoms with Crippen molar-refractivity contribution in [1.29, 1.82) is 0 Å². The molecule has 0 spiro atoms. The summed E-state index contributed by atoms with van der Waals surface area (Å²) in [6.45, 7) is 2.01. The maximum atomic E-state index is 11.7. The summed E-state index contributed by atoms with van der Waals surface area (Å²) in [5.41, 5.74) is 0.997. The summed E-state index contributed by atoms with van der Waals surface area (Å²) in [6.07, 6.45) is 0. The van der Waals surface area contributed by atoms with E-state index in [2.05, 4.69) is 31.3 Å². The van der Waals surface area contributed by atoms with Gasteiger partial charge in [0.25, 0.3) is 0 Å². The van der Waals surface area contributed by atoms with Crippen molar-refractivity contribution in [2.24, 2.45) is 0 Å². The number of rotatable bonds is 5. The molecule has 1 heterocycles. The number of benzene rings is 1. The van der Waals surface area contributed by atoms with Crippen LogP contribution in [-0.2, 0) is 6.54 Å². The number of carbonyl (C=O) groups excluding carboxylic acids is 1. The van der Waals surface area contributed by atoms with Crippen molar-refractivity contribution >= 4 is 12.0 Å². The van der Waals surface area contributed by atoms with Crippen LogP contribution in [0.5, 0.6) is 0 Å². The van der Waals surface area contributed by atoms with Crippen LogP contribution >= 0.6 is 0 Å². The number of amides is 2. The monoisotopic (exact) mass is 290 g/mol. The first-order chi connectivity index (χ1) is 10.1. The number of H-pyrrole nitrogens is 1. The van der Waals surface area contributed by atoms with Gasteiger partial charge in [-0.05, 0) is 24.6 Å². The molecule has 2 aromatic rings. The number of nitrogens with zero attached hydrogens (tertiary/aromatic N) is 3. The van der Waals surface area contributed by atoms with Crippen LogP contribution in [0.2, 0.25) is 0 Å². The SMILES string of the molecule is CC(NC(=O)NCc1ccc(C(=O)O)cc1)c1nn[nH]n1. The molecule has 1 unspecified atom stereocenters. The molecule has 0 radical (unpaired) electrons. The van der Waals surface area contributed by atoms with Crippen LogP contribution in [0.4, 0.5) is 4.79 Å². The minimum atomic E-state index is -0.985. The Morgan fingerprint density at radius 2 is 2.05 bits per heavy atom. The number of aromatic amines is 1. The highest BCUT2D eigenvalue weighted by atomic mass is 16.4. The highest BCUT2D eigenvalue weighted by molar-refractivity contribution is 5.87. The van der Waals surface area contributed by atoms with Gasteiger partial charge in [0, 0.05) is 6.54 Å². The topological polar surface area (TPSA) is 133 Å². The molecule has 4 N–H and O–H groups in total. The molecule has 1 aromatic carbocycles. The predicted molar refractivity (Wildman–Crippen MR) is 71.4 cm³/mol. The fourth-order valence-corrected chi connectivity index (χ4v) is 1.61. The Kier molecular flexibility index (Phi) is 4.44. The molecular weight excluding hydrogens is 276 g/mol. The third kappa shape index (κ3) is 4.00. The lowest BCUT2D eigenvalue weighted by Gasteiger charge is -2.11. The molecule has 9 heteroatoms. The molecule has 2 amide bonds. The lowest BCUT2D eigenvalue weighted by Crippen LogP contribution is -2.37. The molecule has 1 aromatic heterocycles. The van der Waals surface area contributed by atoms with Crippen LogP contribution in [0, 0.1) is 0 Å². The van der Waals surface area contributed by atoms with Gasteiger partial charge in [-0.2, -0.15) is 5.21 Å². The van der Waals surface area contributed by atoms with Crippen molar-refractivity contribution in [2.75, 3.05) is 0 Å². The zero-order valence-electron chi connectivity index (χ0n) is 11.2. The van der Waals surface area contributed by atoms with Gasteiger partial charge in [0.15, 0.2) is 5.82 Å². The molecule has 0 aliphatic heterocycles. The van der Waals surface area contributed by atoms with Gasteiger partial charge < -0.3 is 15.7 Å². The number of aromatic carboxylic acids is 1. The van der Waals surface area contributed by atoms with Crippen molar-refractivity contribution in [3.63, 3.8) is 0 Å². The van der Waals surface area contributed by atoms with Gasteiger partial charge in [-0.3, -0.25) is 0 Å². The largest absolute Gasteiger partial charge is 0.478 e. The van der Waals surface area contributed by atoms with Crippen molar-refractivity contribution in [3.8, 4) is 0 Å². The van der Waals surface area contributed by atoms with Crippen LogP contribution in [0.25, 0.3) is 0 Å². The second kappa shape index (κ2) is 6.46. The van der Waals surface area contributed by atoms with Crippen LogP contribution in [0.15, 0.2) is 24.3 Å². The van der Waals surface area contributed by atoms with Crippen molar-refractivity contribution in [2.45, 2.75) is 19.5 Å². The highest BCUT2D eigenvalue weighted by Gasteiger charge is 2.12. The molecule has 0 bridgehead atoms. The Bertz CT molecular complexity index is 610. The number of carboxylic acid groups (broad SMARTS) is 1. The summed E-state index contributed by atoms with van der Waals surface area (Å²) < 4.78 is 0. The first kappa shape index (κ1) is 14.4. The normalized spacial score (nSPS) is 11.7. The van der Waals surface area contributed by atoms with E-state index in [0.717, 1.165) is 5.56 Å². The number of urea groups is 1. The quantitative estimate of drug-likeness (QED) is 0.632. The van der Waals surface area contributed by atoms with Crippen LogP contribution in [0.3, 0.4) is 0 Å².